The summed E-state index contributed by atoms with van der Waals surface area (Å²) in [5.41, 5.74) is 3.53. The van der Waals surface area contributed by atoms with Gasteiger partial charge in [0.15, 0.2) is 0 Å². The first-order valence-electron chi connectivity index (χ1n) is 7.81. The Balaban J connectivity index is 1.80. The molecule has 0 unspecified atom stereocenters. The van der Waals surface area contributed by atoms with E-state index in [9.17, 15) is 14.7 Å². The Morgan fingerprint density at radius 2 is 1.92 bits per heavy atom. The highest BCUT2D eigenvalue weighted by molar-refractivity contribution is 9.10. The first kappa shape index (κ1) is 19.5. The van der Waals surface area contributed by atoms with E-state index in [0.29, 0.717) is 28.1 Å². The lowest BCUT2D eigenvalue weighted by Crippen LogP contribution is -2.24. The SMILES string of the molecule is CCOc1ccc(NC(=O)CC(=O)NN=Cc2ccc(O)c(Br)c2)cc1. The minimum atomic E-state index is -0.539. The highest BCUT2D eigenvalue weighted by atomic mass is 79.9. The number of carbonyl (C=O) groups is 2. The molecule has 0 aliphatic heterocycles. The summed E-state index contributed by atoms with van der Waals surface area (Å²) in [6.07, 6.45) is 1.05. The summed E-state index contributed by atoms with van der Waals surface area (Å²) in [5.74, 6) is -0.174. The van der Waals surface area contributed by atoms with Crippen molar-refractivity contribution in [2.75, 3.05) is 11.9 Å². The molecule has 0 bridgehead atoms. The number of nitrogens with one attached hydrogen (secondary N) is 2. The largest absolute Gasteiger partial charge is 0.507 e. The van der Waals surface area contributed by atoms with E-state index in [1.165, 1.54) is 12.3 Å². The monoisotopic (exact) mass is 419 g/mol. The minimum Gasteiger partial charge on any atom is -0.507 e. The van der Waals surface area contributed by atoms with Gasteiger partial charge >= 0.3 is 0 Å². The van der Waals surface area contributed by atoms with Crippen molar-refractivity contribution in [1.82, 2.24) is 5.43 Å². The van der Waals surface area contributed by atoms with Gasteiger partial charge in [0, 0.05) is 5.69 Å². The maximum Gasteiger partial charge on any atom is 0.249 e. The van der Waals surface area contributed by atoms with Crippen molar-refractivity contribution in [1.29, 1.82) is 0 Å². The van der Waals surface area contributed by atoms with Gasteiger partial charge in [-0.3, -0.25) is 9.59 Å². The summed E-state index contributed by atoms with van der Waals surface area (Å²) in [6, 6.07) is 11.6. The number of anilines is 1. The van der Waals surface area contributed by atoms with E-state index in [0.717, 1.165) is 0 Å². The normalized spacial score (nSPS) is 10.5. The molecule has 2 amide bonds. The van der Waals surface area contributed by atoms with E-state index in [-0.39, 0.29) is 12.2 Å². The number of hydrazone groups is 1. The molecule has 0 aliphatic rings. The molecule has 0 atom stereocenters. The van der Waals surface area contributed by atoms with E-state index in [1.807, 2.05) is 6.92 Å². The van der Waals surface area contributed by atoms with Gasteiger partial charge in [-0.25, -0.2) is 5.43 Å². The number of halogens is 1. The molecule has 7 nitrogen and oxygen atoms in total. The van der Waals surface area contributed by atoms with Crippen LogP contribution < -0.4 is 15.5 Å². The number of rotatable bonds is 7. The Labute approximate surface area is 159 Å². The predicted molar refractivity (Wildman–Crippen MR) is 102 cm³/mol. The average Bonchev–Trinajstić information content (AvgIpc) is 2.60. The van der Waals surface area contributed by atoms with Crippen LogP contribution in [0, 0.1) is 0 Å². The topological polar surface area (TPSA) is 100 Å². The fourth-order valence-corrected chi connectivity index (χ4v) is 2.37. The van der Waals surface area contributed by atoms with Crippen molar-refractivity contribution in [2.24, 2.45) is 5.10 Å². The third kappa shape index (κ3) is 6.21. The smallest absolute Gasteiger partial charge is 0.249 e. The van der Waals surface area contributed by atoms with Crippen LogP contribution in [0.5, 0.6) is 11.5 Å². The fraction of sp³-hybridized carbons (Fsp3) is 0.167. The molecule has 0 radical (unpaired) electrons. The summed E-state index contributed by atoms with van der Waals surface area (Å²) < 4.78 is 5.83. The molecule has 0 saturated heterocycles. The molecule has 8 heteroatoms. The molecule has 0 fully saturated rings. The molecule has 26 heavy (non-hydrogen) atoms. The van der Waals surface area contributed by atoms with E-state index in [2.05, 4.69) is 31.8 Å². The third-order valence-corrected chi connectivity index (χ3v) is 3.78. The van der Waals surface area contributed by atoms with E-state index in [4.69, 9.17) is 4.74 Å². The van der Waals surface area contributed by atoms with Gasteiger partial charge in [-0.05, 0) is 70.9 Å². The summed E-state index contributed by atoms with van der Waals surface area (Å²) in [7, 11) is 0. The lowest BCUT2D eigenvalue weighted by atomic mass is 10.2. The summed E-state index contributed by atoms with van der Waals surface area (Å²) in [6.45, 7) is 2.45. The third-order valence-electron chi connectivity index (χ3n) is 3.14. The molecule has 0 spiro atoms. The maximum absolute atomic E-state index is 11.9. The van der Waals surface area contributed by atoms with Crippen molar-refractivity contribution < 1.29 is 19.4 Å². The second-order valence-electron chi connectivity index (χ2n) is 5.19. The number of aromatic hydroxyl groups is 1. The highest BCUT2D eigenvalue weighted by Crippen LogP contribution is 2.23. The molecule has 136 valence electrons. The van der Waals surface area contributed by atoms with Crippen LogP contribution in [0.2, 0.25) is 0 Å². The van der Waals surface area contributed by atoms with Crippen LogP contribution in [-0.4, -0.2) is 29.7 Å². The molecular formula is C18H18BrN3O4. The first-order valence-corrected chi connectivity index (χ1v) is 8.60. The Kier molecular flexibility index (Phi) is 7.16. The van der Waals surface area contributed by atoms with Crippen LogP contribution in [-0.2, 0) is 9.59 Å². The number of ether oxygens (including phenoxy) is 1. The van der Waals surface area contributed by atoms with Crippen molar-refractivity contribution in [2.45, 2.75) is 13.3 Å². The zero-order valence-corrected chi connectivity index (χ0v) is 15.6. The van der Waals surface area contributed by atoms with Crippen LogP contribution in [0.3, 0.4) is 0 Å². The molecule has 2 aromatic carbocycles. The number of carbonyl (C=O) groups excluding carboxylic acids is 2. The van der Waals surface area contributed by atoms with Crippen LogP contribution in [0.25, 0.3) is 0 Å². The van der Waals surface area contributed by atoms with Crippen LogP contribution in [0.1, 0.15) is 18.9 Å². The second kappa shape index (κ2) is 9.57. The Hall–Kier alpha value is -2.87. The van der Waals surface area contributed by atoms with E-state index in [1.54, 1.807) is 36.4 Å². The van der Waals surface area contributed by atoms with Crippen molar-refractivity contribution >= 4 is 39.6 Å². The Morgan fingerprint density at radius 1 is 1.19 bits per heavy atom. The van der Waals surface area contributed by atoms with E-state index >= 15 is 0 Å². The summed E-state index contributed by atoms with van der Waals surface area (Å²) >= 11 is 3.18. The second-order valence-corrected chi connectivity index (χ2v) is 6.04. The number of phenolic OH excluding ortho intramolecular Hbond substituents is 1. The number of nitrogens with zero attached hydrogens (tertiary/aromatic N) is 1. The Bertz CT molecular complexity index is 807. The average molecular weight is 420 g/mol. The number of hydrogen-bond acceptors (Lipinski definition) is 5. The van der Waals surface area contributed by atoms with Crippen molar-refractivity contribution in [3.8, 4) is 11.5 Å². The highest BCUT2D eigenvalue weighted by Gasteiger charge is 2.09. The van der Waals surface area contributed by atoms with Crippen molar-refractivity contribution in [3.63, 3.8) is 0 Å². The van der Waals surface area contributed by atoms with Gasteiger partial charge in [-0.1, -0.05) is 0 Å². The quantitative estimate of drug-likeness (QED) is 0.364. The number of phenols is 1. The lowest BCUT2D eigenvalue weighted by Gasteiger charge is -2.06. The molecule has 2 aromatic rings. The van der Waals surface area contributed by atoms with Crippen LogP contribution in [0.4, 0.5) is 5.69 Å². The van der Waals surface area contributed by atoms with Gasteiger partial charge in [-0.15, -0.1) is 0 Å². The van der Waals surface area contributed by atoms with Gasteiger partial charge in [0.25, 0.3) is 0 Å². The molecule has 0 aromatic heterocycles. The minimum absolute atomic E-state index is 0.108. The standard InChI is InChI=1S/C18H18BrN3O4/c1-2-26-14-6-4-13(5-7-14)21-17(24)10-18(25)22-20-11-12-3-8-16(23)15(19)9-12/h3-9,11,23H,2,10H2,1H3,(H,21,24)(H,22,25). The fourth-order valence-electron chi connectivity index (χ4n) is 1.97. The number of amides is 2. The van der Waals surface area contributed by atoms with Gasteiger partial charge in [0.1, 0.15) is 17.9 Å². The van der Waals surface area contributed by atoms with E-state index < -0.39 is 11.8 Å². The molecule has 0 saturated carbocycles. The van der Waals surface area contributed by atoms with Gasteiger partial charge in [0.2, 0.25) is 11.8 Å². The molecule has 3 N–H and O–H groups in total. The molecule has 0 heterocycles. The summed E-state index contributed by atoms with van der Waals surface area (Å²) in [5, 5.41) is 15.8. The molecular weight excluding hydrogens is 402 g/mol. The predicted octanol–water partition coefficient (Wildman–Crippen LogP) is 3.03. The zero-order chi connectivity index (χ0) is 18.9. The lowest BCUT2D eigenvalue weighted by molar-refractivity contribution is -0.126. The molecule has 0 aliphatic carbocycles. The zero-order valence-electron chi connectivity index (χ0n) is 14.0. The summed E-state index contributed by atoms with van der Waals surface area (Å²) in [4.78, 5) is 23.6. The molecule has 2 rings (SSSR count). The van der Waals surface area contributed by atoms with Gasteiger partial charge < -0.3 is 15.2 Å². The number of benzene rings is 2. The van der Waals surface area contributed by atoms with Crippen molar-refractivity contribution in [3.05, 3.63) is 52.5 Å². The Morgan fingerprint density at radius 3 is 2.58 bits per heavy atom. The van der Waals surface area contributed by atoms with Gasteiger partial charge in [0.05, 0.1) is 17.3 Å². The van der Waals surface area contributed by atoms with Crippen LogP contribution >= 0.6 is 15.9 Å². The first-order chi connectivity index (χ1) is 12.5. The van der Waals surface area contributed by atoms with Crippen LogP contribution in [0.15, 0.2) is 52.0 Å². The maximum atomic E-state index is 11.9. The van der Waals surface area contributed by atoms with Gasteiger partial charge in [-0.2, -0.15) is 5.10 Å². The number of hydrogen-bond donors (Lipinski definition) is 3.